The summed E-state index contributed by atoms with van der Waals surface area (Å²) in [6.45, 7) is 5.08. The van der Waals surface area contributed by atoms with E-state index in [1.165, 1.54) is 23.4 Å². The SMILES string of the molecule is Cc1cccc(N2CCN(C(=O)c3ccc(Nc4ccc(F)cc4)nc3)CC2)c1. The van der Waals surface area contributed by atoms with Crippen LogP contribution in [0.4, 0.5) is 21.6 Å². The quantitative estimate of drug-likeness (QED) is 0.724. The Morgan fingerprint density at radius 2 is 1.76 bits per heavy atom. The van der Waals surface area contributed by atoms with Crippen LogP contribution in [0.2, 0.25) is 0 Å². The van der Waals surface area contributed by atoms with Gasteiger partial charge in [-0.2, -0.15) is 0 Å². The number of pyridine rings is 1. The molecule has 0 aliphatic carbocycles. The molecule has 2 heterocycles. The number of nitrogens with zero attached hydrogens (tertiary/aromatic N) is 3. The second-order valence-electron chi connectivity index (χ2n) is 7.18. The van der Waals surface area contributed by atoms with Crippen LogP contribution in [-0.4, -0.2) is 42.0 Å². The predicted molar refractivity (Wildman–Crippen MR) is 113 cm³/mol. The standard InChI is InChI=1S/C23H23FN4O/c1-17-3-2-4-21(15-17)27-11-13-28(14-12-27)23(29)18-5-10-22(25-16-18)26-20-8-6-19(24)7-9-20/h2-10,15-16H,11-14H2,1H3,(H,25,26). The van der Waals surface area contributed by atoms with Gasteiger partial charge in [0.25, 0.3) is 5.91 Å². The first-order chi connectivity index (χ1) is 14.1. The Kier molecular flexibility index (Phi) is 5.42. The molecule has 1 saturated heterocycles. The number of piperazine rings is 1. The molecule has 1 N–H and O–H groups in total. The van der Waals surface area contributed by atoms with Crippen molar-refractivity contribution in [2.75, 3.05) is 36.4 Å². The van der Waals surface area contributed by atoms with E-state index in [0.29, 0.717) is 24.5 Å². The summed E-state index contributed by atoms with van der Waals surface area (Å²) in [4.78, 5) is 21.3. The lowest BCUT2D eigenvalue weighted by molar-refractivity contribution is 0.0746. The summed E-state index contributed by atoms with van der Waals surface area (Å²) in [5.41, 5.74) is 3.75. The highest BCUT2D eigenvalue weighted by Crippen LogP contribution is 2.19. The van der Waals surface area contributed by atoms with Crippen molar-refractivity contribution in [2.45, 2.75) is 6.92 Å². The third kappa shape index (κ3) is 4.54. The zero-order chi connectivity index (χ0) is 20.2. The van der Waals surface area contributed by atoms with Crippen LogP contribution in [0.15, 0.2) is 66.9 Å². The van der Waals surface area contributed by atoms with Gasteiger partial charge in [0.15, 0.2) is 0 Å². The van der Waals surface area contributed by atoms with Crippen molar-refractivity contribution in [3.8, 4) is 0 Å². The van der Waals surface area contributed by atoms with Crippen molar-refractivity contribution in [2.24, 2.45) is 0 Å². The van der Waals surface area contributed by atoms with E-state index in [1.54, 1.807) is 30.5 Å². The maximum Gasteiger partial charge on any atom is 0.255 e. The van der Waals surface area contributed by atoms with E-state index < -0.39 is 0 Å². The van der Waals surface area contributed by atoms with E-state index >= 15 is 0 Å². The van der Waals surface area contributed by atoms with Crippen LogP contribution in [0.3, 0.4) is 0 Å². The third-order valence-corrected chi connectivity index (χ3v) is 5.06. The molecule has 1 aliphatic rings. The normalized spacial score (nSPS) is 14.0. The summed E-state index contributed by atoms with van der Waals surface area (Å²) in [5.74, 6) is 0.319. The number of hydrogen-bond acceptors (Lipinski definition) is 4. The fourth-order valence-electron chi connectivity index (χ4n) is 3.45. The molecule has 0 radical (unpaired) electrons. The van der Waals surface area contributed by atoms with Crippen molar-refractivity contribution in [3.63, 3.8) is 0 Å². The van der Waals surface area contributed by atoms with E-state index in [1.807, 2.05) is 4.90 Å². The topological polar surface area (TPSA) is 48.5 Å². The van der Waals surface area contributed by atoms with Crippen molar-refractivity contribution in [1.29, 1.82) is 0 Å². The number of rotatable bonds is 4. The van der Waals surface area contributed by atoms with Crippen LogP contribution in [-0.2, 0) is 0 Å². The molecule has 2 aromatic carbocycles. The Labute approximate surface area is 169 Å². The summed E-state index contributed by atoms with van der Waals surface area (Å²) in [6, 6.07) is 18.0. The Hall–Kier alpha value is -3.41. The zero-order valence-corrected chi connectivity index (χ0v) is 16.3. The largest absolute Gasteiger partial charge is 0.368 e. The highest BCUT2D eigenvalue weighted by Gasteiger charge is 2.22. The van der Waals surface area contributed by atoms with Gasteiger partial charge in [-0.1, -0.05) is 12.1 Å². The first kappa shape index (κ1) is 18.9. The minimum Gasteiger partial charge on any atom is -0.368 e. The molecule has 6 heteroatoms. The van der Waals surface area contributed by atoms with Gasteiger partial charge in [0.2, 0.25) is 0 Å². The van der Waals surface area contributed by atoms with E-state index in [4.69, 9.17) is 0 Å². The number of carbonyl (C=O) groups is 1. The smallest absolute Gasteiger partial charge is 0.255 e. The molecule has 0 atom stereocenters. The highest BCUT2D eigenvalue weighted by atomic mass is 19.1. The van der Waals surface area contributed by atoms with Crippen LogP contribution in [0.1, 0.15) is 15.9 Å². The molecule has 0 bridgehead atoms. The molecule has 1 fully saturated rings. The summed E-state index contributed by atoms with van der Waals surface area (Å²) in [6.07, 6.45) is 1.58. The number of anilines is 3. The van der Waals surface area contributed by atoms with Crippen molar-refractivity contribution >= 4 is 23.1 Å². The fourth-order valence-corrected chi connectivity index (χ4v) is 3.45. The summed E-state index contributed by atoms with van der Waals surface area (Å²) >= 11 is 0. The molecule has 0 unspecified atom stereocenters. The maximum atomic E-state index is 13.0. The number of halogens is 1. The molecule has 0 saturated carbocycles. The first-order valence-corrected chi connectivity index (χ1v) is 9.68. The van der Waals surface area contributed by atoms with Gasteiger partial charge in [0.1, 0.15) is 11.6 Å². The molecule has 3 aromatic rings. The molecule has 4 rings (SSSR count). The maximum absolute atomic E-state index is 13.0. The molecule has 0 spiro atoms. The van der Waals surface area contributed by atoms with Gasteiger partial charge >= 0.3 is 0 Å². The average molecular weight is 390 g/mol. The minimum atomic E-state index is -0.285. The van der Waals surface area contributed by atoms with Crippen LogP contribution >= 0.6 is 0 Å². The van der Waals surface area contributed by atoms with E-state index in [2.05, 4.69) is 46.4 Å². The molecule has 29 heavy (non-hydrogen) atoms. The van der Waals surface area contributed by atoms with E-state index in [0.717, 1.165) is 18.8 Å². The molecule has 1 amide bonds. The van der Waals surface area contributed by atoms with Crippen molar-refractivity contribution < 1.29 is 9.18 Å². The number of aryl methyl sites for hydroxylation is 1. The second kappa shape index (κ2) is 8.31. The second-order valence-corrected chi connectivity index (χ2v) is 7.18. The number of carbonyl (C=O) groups excluding carboxylic acids is 1. The third-order valence-electron chi connectivity index (χ3n) is 5.06. The molecule has 1 aliphatic heterocycles. The van der Waals surface area contributed by atoms with Gasteiger partial charge in [-0.05, 0) is 61.0 Å². The Balaban J connectivity index is 1.35. The molecule has 1 aromatic heterocycles. The lowest BCUT2D eigenvalue weighted by Gasteiger charge is -2.36. The van der Waals surface area contributed by atoms with Crippen LogP contribution in [0.25, 0.3) is 0 Å². The Morgan fingerprint density at radius 1 is 1.00 bits per heavy atom. The van der Waals surface area contributed by atoms with Gasteiger partial charge in [0.05, 0.1) is 5.56 Å². The number of nitrogens with one attached hydrogen (secondary N) is 1. The van der Waals surface area contributed by atoms with Crippen molar-refractivity contribution in [1.82, 2.24) is 9.88 Å². The zero-order valence-electron chi connectivity index (χ0n) is 16.3. The van der Waals surface area contributed by atoms with Crippen molar-refractivity contribution in [3.05, 3.63) is 83.8 Å². The van der Waals surface area contributed by atoms with Gasteiger partial charge in [0, 0.05) is 43.8 Å². The predicted octanol–water partition coefficient (Wildman–Crippen LogP) is 4.24. The Morgan fingerprint density at radius 3 is 2.41 bits per heavy atom. The van der Waals surface area contributed by atoms with Crippen LogP contribution < -0.4 is 10.2 Å². The average Bonchev–Trinajstić information content (AvgIpc) is 2.75. The summed E-state index contributed by atoms with van der Waals surface area (Å²) in [5, 5.41) is 3.10. The lowest BCUT2D eigenvalue weighted by atomic mass is 10.1. The lowest BCUT2D eigenvalue weighted by Crippen LogP contribution is -2.48. The molecular formula is C23H23FN4O. The number of benzene rings is 2. The van der Waals surface area contributed by atoms with Crippen LogP contribution in [0, 0.1) is 12.7 Å². The Bertz CT molecular complexity index is 981. The van der Waals surface area contributed by atoms with Crippen LogP contribution in [0.5, 0.6) is 0 Å². The first-order valence-electron chi connectivity index (χ1n) is 9.68. The van der Waals surface area contributed by atoms with Gasteiger partial charge in [-0.3, -0.25) is 4.79 Å². The number of aromatic nitrogens is 1. The molecule has 148 valence electrons. The summed E-state index contributed by atoms with van der Waals surface area (Å²) < 4.78 is 13.0. The van der Waals surface area contributed by atoms with Gasteiger partial charge < -0.3 is 15.1 Å². The number of hydrogen-bond donors (Lipinski definition) is 1. The molecular weight excluding hydrogens is 367 g/mol. The molecule has 5 nitrogen and oxygen atoms in total. The minimum absolute atomic E-state index is 0.00488. The van der Waals surface area contributed by atoms with E-state index in [9.17, 15) is 9.18 Å². The fraction of sp³-hybridized carbons (Fsp3) is 0.217. The highest BCUT2D eigenvalue weighted by molar-refractivity contribution is 5.94. The monoisotopic (exact) mass is 390 g/mol. The number of amides is 1. The summed E-state index contributed by atoms with van der Waals surface area (Å²) in [7, 11) is 0. The van der Waals surface area contributed by atoms with Gasteiger partial charge in [-0.25, -0.2) is 9.37 Å². The van der Waals surface area contributed by atoms with Gasteiger partial charge in [-0.15, -0.1) is 0 Å². The van der Waals surface area contributed by atoms with E-state index in [-0.39, 0.29) is 11.7 Å².